The molecule has 1 atom stereocenters. The van der Waals surface area contributed by atoms with Gasteiger partial charge in [0.05, 0.1) is 0 Å². The van der Waals surface area contributed by atoms with Crippen LogP contribution >= 0.6 is 0 Å². The summed E-state index contributed by atoms with van der Waals surface area (Å²) in [6, 6.07) is 9.30. The molecule has 0 aliphatic heterocycles. The Balaban J connectivity index is 1.77. The second-order valence-corrected chi connectivity index (χ2v) is 5.48. The summed E-state index contributed by atoms with van der Waals surface area (Å²) in [5.41, 5.74) is 3.13. The van der Waals surface area contributed by atoms with Gasteiger partial charge < -0.3 is 10.3 Å². The molecule has 1 aliphatic carbocycles. The van der Waals surface area contributed by atoms with Crippen molar-refractivity contribution in [3.63, 3.8) is 0 Å². The number of benzene rings is 1. The second kappa shape index (κ2) is 3.36. The molecule has 2 aromatic rings. The molecule has 0 saturated heterocycles. The average molecular weight is 214 g/mol. The molecule has 3 rings (SSSR count). The first-order valence-corrected chi connectivity index (χ1v) is 5.95. The number of fused-ring (bicyclic) bond motifs is 1. The van der Waals surface area contributed by atoms with Crippen LogP contribution in [-0.4, -0.2) is 11.0 Å². The van der Waals surface area contributed by atoms with Gasteiger partial charge in [-0.05, 0) is 29.5 Å². The Labute approximate surface area is 96.1 Å². The Bertz CT molecular complexity index is 510. The lowest BCUT2D eigenvalue weighted by molar-refractivity contribution is 0.543. The fourth-order valence-corrected chi connectivity index (χ4v) is 2.35. The van der Waals surface area contributed by atoms with Crippen LogP contribution < -0.4 is 5.32 Å². The second-order valence-electron chi connectivity index (χ2n) is 5.48. The summed E-state index contributed by atoms with van der Waals surface area (Å²) in [4.78, 5) is 3.25. The van der Waals surface area contributed by atoms with Crippen molar-refractivity contribution in [3.05, 3.63) is 36.0 Å². The maximum atomic E-state index is 3.63. The minimum absolute atomic E-state index is 0.506. The smallest absolute Gasteiger partial charge is 0.0457 e. The van der Waals surface area contributed by atoms with Crippen LogP contribution in [0, 0.1) is 5.41 Å². The van der Waals surface area contributed by atoms with Gasteiger partial charge in [0, 0.05) is 29.7 Å². The van der Waals surface area contributed by atoms with Crippen molar-refractivity contribution in [2.45, 2.75) is 32.9 Å². The van der Waals surface area contributed by atoms with Gasteiger partial charge in [0.25, 0.3) is 0 Å². The van der Waals surface area contributed by atoms with E-state index < -0.39 is 0 Å². The van der Waals surface area contributed by atoms with Crippen molar-refractivity contribution in [3.8, 4) is 0 Å². The van der Waals surface area contributed by atoms with Crippen molar-refractivity contribution in [2.24, 2.45) is 5.41 Å². The Morgan fingerprint density at radius 3 is 2.94 bits per heavy atom. The van der Waals surface area contributed by atoms with Gasteiger partial charge >= 0.3 is 0 Å². The predicted octanol–water partition coefficient (Wildman–Crippen LogP) is 3.06. The van der Waals surface area contributed by atoms with Gasteiger partial charge in [-0.2, -0.15) is 0 Å². The zero-order chi connectivity index (χ0) is 11.2. The van der Waals surface area contributed by atoms with Gasteiger partial charge in [-0.15, -0.1) is 0 Å². The first kappa shape index (κ1) is 9.91. The lowest BCUT2D eigenvalue weighted by atomic mass is 10.1. The SMILES string of the molecule is CC1(C)CC1NCc1cccc2[nH]ccc12. The van der Waals surface area contributed by atoms with Crippen molar-refractivity contribution < 1.29 is 0 Å². The standard InChI is InChI=1S/C14H18N2/c1-14(2)8-13(14)16-9-10-4-3-5-12-11(10)6-7-15-12/h3-7,13,15-16H,8-9H2,1-2H3. The number of aromatic nitrogens is 1. The Hall–Kier alpha value is -1.28. The predicted molar refractivity (Wildman–Crippen MR) is 67.3 cm³/mol. The van der Waals surface area contributed by atoms with Crippen molar-refractivity contribution in [1.82, 2.24) is 10.3 Å². The summed E-state index contributed by atoms with van der Waals surface area (Å²) >= 11 is 0. The van der Waals surface area contributed by atoms with Crippen LogP contribution in [0.3, 0.4) is 0 Å². The normalized spacial score (nSPS) is 22.5. The fraction of sp³-hybridized carbons (Fsp3) is 0.429. The van der Waals surface area contributed by atoms with Gasteiger partial charge in [-0.1, -0.05) is 26.0 Å². The van der Waals surface area contributed by atoms with Gasteiger partial charge in [-0.25, -0.2) is 0 Å². The van der Waals surface area contributed by atoms with E-state index in [1.54, 1.807) is 0 Å². The van der Waals surface area contributed by atoms with E-state index in [-0.39, 0.29) is 0 Å². The lowest BCUT2D eigenvalue weighted by Gasteiger charge is -2.07. The van der Waals surface area contributed by atoms with Gasteiger partial charge in [0.15, 0.2) is 0 Å². The van der Waals surface area contributed by atoms with Crippen LogP contribution in [-0.2, 0) is 6.54 Å². The average Bonchev–Trinajstić information content (AvgIpc) is 2.68. The monoisotopic (exact) mass is 214 g/mol. The molecule has 1 fully saturated rings. The van der Waals surface area contributed by atoms with E-state index in [0.29, 0.717) is 11.5 Å². The van der Waals surface area contributed by atoms with Gasteiger partial charge in [-0.3, -0.25) is 0 Å². The molecule has 2 nitrogen and oxygen atoms in total. The highest BCUT2D eigenvalue weighted by molar-refractivity contribution is 5.82. The highest BCUT2D eigenvalue weighted by Gasteiger charge is 2.44. The summed E-state index contributed by atoms with van der Waals surface area (Å²) in [6.45, 7) is 5.62. The van der Waals surface area contributed by atoms with E-state index in [4.69, 9.17) is 0 Å². The van der Waals surface area contributed by atoms with E-state index in [9.17, 15) is 0 Å². The van der Waals surface area contributed by atoms with Gasteiger partial charge in [0.1, 0.15) is 0 Å². The van der Waals surface area contributed by atoms with Gasteiger partial charge in [0.2, 0.25) is 0 Å². The molecular formula is C14H18N2. The molecule has 84 valence electrons. The summed E-state index contributed by atoms with van der Waals surface area (Å²) < 4.78 is 0. The molecule has 1 aromatic heterocycles. The van der Waals surface area contributed by atoms with E-state index in [1.807, 2.05) is 6.20 Å². The molecule has 0 spiro atoms. The van der Waals surface area contributed by atoms with Crippen molar-refractivity contribution in [2.75, 3.05) is 0 Å². The first-order valence-electron chi connectivity index (χ1n) is 5.95. The molecule has 16 heavy (non-hydrogen) atoms. The molecule has 1 aromatic carbocycles. The minimum atomic E-state index is 0.506. The third-order valence-corrected chi connectivity index (χ3v) is 3.74. The summed E-state index contributed by atoms with van der Waals surface area (Å²) in [7, 11) is 0. The van der Waals surface area contributed by atoms with E-state index in [1.165, 1.54) is 22.9 Å². The molecule has 0 radical (unpaired) electrons. The van der Waals surface area contributed by atoms with Crippen LogP contribution in [0.4, 0.5) is 0 Å². The number of rotatable bonds is 3. The fourth-order valence-electron chi connectivity index (χ4n) is 2.35. The van der Waals surface area contributed by atoms with Crippen LogP contribution in [0.25, 0.3) is 10.9 Å². The quantitative estimate of drug-likeness (QED) is 0.807. The highest BCUT2D eigenvalue weighted by atomic mass is 15.0. The molecule has 0 amide bonds. The Morgan fingerprint density at radius 2 is 2.19 bits per heavy atom. The number of hydrogen-bond donors (Lipinski definition) is 2. The number of nitrogens with one attached hydrogen (secondary N) is 2. The lowest BCUT2D eigenvalue weighted by Crippen LogP contribution is -2.19. The molecule has 1 saturated carbocycles. The maximum absolute atomic E-state index is 3.63. The Kier molecular flexibility index (Phi) is 2.08. The Morgan fingerprint density at radius 1 is 1.38 bits per heavy atom. The van der Waals surface area contributed by atoms with Crippen LogP contribution in [0.1, 0.15) is 25.8 Å². The molecule has 0 bridgehead atoms. The summed E-state index contributed by atoms with van der Waals surface area (Å²) in [5.74, 6) is 0. The van der Waals surface area contributed by atoms with E-state index >= 15 is 0 Å². The highest BCUT2D eigenvalue weighted by Crippen LogP contribution is 2.44. The molecule has 2 N–H and O–H groups in total. The van der Waals surface area contributed by atoms with Crippen molar-refractivity contribution in [1.29, 1.82) is 0 Å². The largest absolute Gasteiger partial charge is 0.361 e. The maximum Gasteiger partial charge on any atom is 0.0457 e. The zero-order valence-corrected chi connectivity index (χ0v) is 9.88. The number of H-pyrrole nitrogens is 1. The zero-order valence-electron chi connectivity index (χ0n) is 9.88. The molecule has 2 heteroatoms. The first-order chi connectivity index (χ1) is 7.67. The summed E-state index contributed by atoms with van der Waals surface area (Å²) in [5, 5.41) is 4.97. The van der Waals surface area contributed by atoms with Crippen molar-refractivity contribution >= 4 is 10.9 Å². The summed E-state index contributed by atoms with van der Waals surface area (Å²) in [6.07, 6.45) is 3.31. The third-order valence-electron chi connectivity index (χ3n) is 3.74. The number of hydrogen-bond acceptors (Lipinski definition) is 1. The van der Waals surface area contributed by atoms with E-state index in [2.05, 4.69) is 48.4 Å². The van der Waals surface area contributed by atoms with Crippen LogP contribution in [0.5, 0.6) is 0 Å². The topological polar surface area (TPSA) is 27.8 Å². The number of aromatic amines is 1. The third kappa shape index (κ3) is 1.63. The van der Waals surface area contributed by atoms with Crippen LogP contribution in [0.2, 0.25) is 0 Å². The molecule has 1 unspecified atom stereocenters. The molecule has 1 aliphatic rings. The van der Waals surface area contributed by atoms with Crippen LogP contribution in [0.15, 0.2) is 30.5 Å². The molecular weight excluding hydrogens is 196 g/mol. The molecule has 1 heterocycles. The minimum Gasteiger partial charge on any atom is -0.361 e. The van der Waals surface area contributed by atoms with E-state index in [0.717, 1.165) is 6.54 Å².